The van der Waals surface area contributed by atoms with E-state index in [0.29, 0.717) is 0 Å². The fourth-order valence-electron chi connectivity index (χ4n) is 0.973. The van der Waals surface area contributed by atoms with Crippen LogP contribution in [-0.2, 0) is 4.79 Å². The lowest BCUT2D eigenvalue weighted by Crippen LogP contribution is -2.50. The van der Waals surface area contributed by atoms with Crippen molar-refractivity contribution in [2.45, 2.75) is 34.1 Å². The van der Waals surface area contributed by atoms with Crippen molar-refractivity contribution >= 4 is 11.9 Å². The van der Waals surface area contributed by atoms with Crippen molar-refractivity contribution in [3.63, 3.8) is 0 Å². The quantitative estimate of drug-likeness (QED) is 0.563. The predicted molar refractivity (Wildman–Crippen MR) is 53.6 cm³/mol. The number of nitrogens with one attached hydrogen (secondary N) is 1. The number of hydrogen-bond acceptors (Lipinski definition) is 4. The maximum atomic E-state index is 11.7. The van der Waals surface area contributed by atoms with E-state index in [-0.39, 0.29) is 12.5 Å². The second-order valence-electron chi connectivity index (χ2n) is 4.12. The Kier molecular flexibility index (Phi) is 4.70. The molecule has 0 saturated carbocycles. The highest BCUT2D eigenvalue weighted by Gasteiger charge is 2.30. The van der Waals surface area contributed by atoms with Crippen LogP contribution in [0.2, 0.25) is 0 Å². The van der Waals surface area contributed by atoms with E-state index in [2.05, 4.69) is 0 Å². The van der Waals surface area contributed by atoms with Gasteiger partial charge in [-0.3, -0.25) is 15.0 Å². The summed E-state index contributed by atoms with van der Waals surface area (Å²) in [5.74, 6) is -0.372. The van der Waals surface area contributed by atoms with Gasteiger partial charge in [0.2, 0.25) is 12.3 Å². The van der Waals surface area contributed by atoms with Crippen molar-refractivity contribution in [2.24, 2.45) is 5.41 Å². The maximum Gasteiger partial charge on any atom is 0.327 e. The number of aliphatic hydroxyl groups is 2. The number of hydrogen-bond donors (Lipinski definition) is 3. The van der Waals surface area contributed by atoms with Crippen LogP contribution in [0.5, 0.6) is 0 Å². The van der Waals surface area contributed by atoms with Crippen LogP contribution in [0.3, 0.4) is 0 Å². The van der Waals surface area contributed by atoms with E-state index in [4.69, 9.17) is 10.2 Å². The van der Waals surface area contributed by atoms with Crippen LogP contribution in [-0.4, -0.2) is 40.0 Å². The summed E-state index contributed by atoms with van der Waals surface area (Å²) in [5, 5.41) is 18.9. The molecule has 0 bridgehead atoms. The average molecular weight is 218 g/mol. The van der Waals surface area contributed by atoms with Gasteiger partial charge in [0.15, 0.2) is 0 Å². The normalized spacial score (nSPS) is 11.4. The van der Waals surface area contributed by atoms with Crippen molar-refractivity contribution in [1.29, 1.82) is 0 Å². The third kappa shape index (κ3) is 4.26. The maximum absolute atomic E-state index is 11.7. The molecule has 0 aromatic heterocycles. The molecule has 0 unspecified atom stereocenters. The van der Waals surface area contributed by atoms with E-state index in [1.165, 1.54) is 0 Å². The summed E-state index contributed by atoms with van der Waals surface area (Å²) in [7, 11) is 0. The molecule has 15 heavy (non-hydrogen) atoms. The Morgan fingerprint density at radius 3 is 2.07 bits per heavy atom. The molecule has 0 aliphatic rings. The first-order chi connectivity index (χ1) is 6.70. The van der Waals surface area contributed by atoms with Gasteiger partial charge in [0, 0.05) is 12.0 Å². The van der Waals surface area contributed by atoms with E-state index in [9.17, 15) is 9.59 Å². The first-order valence-corrected chi connectivity index (χ1v) is 4.68. The Morgan fingerprint density at radius 1 is 1.33 bits per heavy atom. The van der Waals surface area contributed by atoms with Gasteiger partial charge >= 0.3 is 6.03 Å². The molecule has 6 heteroatoms. The smallest absolute Gasteiger partial charge is 0.327 e. The molecular formula is C9H18N2O4. The first-order valence-electron chi connectivity index (χ1n) is 4.68. The number of urea groups is 1. The highest BCUT2D eigenvalue weighted by Crippen LogP contribution is 2.17. The van der Waals surface area contributed by atoms with Crippen LogP contribution in [0, 0.1) is 5.41 Å². The fourth-order valence-corrected chi connectivity index (χ4v) is 0.973. The molecule has 0 aliphatic carbocycles. The average Bonchev–Trinajstić information content (AvgIpc) is 2.01. The number of amides is 3. The summed E-state index contributed by atoms with van der Waals surface area (Å²) in [5.41, 5.74) is -0.687. The Labute approximate surface area is 88.9 Å². The standard InChI is InChI=1S/C9H18N2O4/c1-5-11(6(12)9(2,3)4)7(13)10-8(14)15/h8,14-15H,5H2,1-4H3,(H,10,13). The lowest BCUT2D eigenvalue weighted by Gasteiger charge is -2.27. The van der Waals surface area contributed by atoms with Crippen molar-refractivity contribution in [3.05, 3.63) is 0 Å². The van der Waals surface area contributed by atoms with E-state index >= 15 is 0 Å². The molecule has 0 aromatic carbocycles. The summed E-state index contributed by atoms with van der Waals surface area (Å²) in [6.45, 7) is 6.85. The number of carbonyl (C=O) groups excluding carboxylic acids is 2. The second-order valence-corrected chi connectivity index (χ2v) is 4.12. The SMILES string of the molecule is CCN(C(=O)NC(O)O)C(=O)C(C)(C)C. The largest absolute Gasteiger partial charge is 0.351 e. The predicted octanol–water partition coefficient (Wildman–Crippen LogP) is -0.141. The molecule has 0 spiro atoms. The number of rotatable bonds is 2. The number of imide groups is 1. The van der Waals surface area contributed by atoms with Crippen LogP contribution >= 0.6 is 0 Å². The zero-order chi connectivity index (χ0) is 12.2. The summed E-state index contributed by atoms with van der Waals surface area (Å²) >= 11 is 0. The molecule has 6 nitrogen and oxygen atoms in total. The minimum atomic E-state index is -1.96. The van der Waals surface area contributed by atoms with Gasteiger partial charge in [-0.25, -0.2) is 4.79 Å². The molecule has 88 valence electrons. The Hall–Kier alpha value is -1.14. The molecule has 0 rings (SSSR count). The van der Waals surface area contributed by atoms with E-state index in [0.717, 1.165) is 4.90 Å². The Bertz CT molecular complexity index is 245. The molecule has 0 heterocycles. The third-order valence-electron chi connectivity index (χ3n) is 1.70. The van der Waals surface area contributed by atoms with Gasteiger partial charge < -0.3 is 10.2 Å². The highest BCUT2D eigenvalue weighted by atomic mass is 16.5. The lowest BCUT2D eigenvalue weighted by atomic mass is 9.95. The molecule has 3 N–H and O–H groups in total. The molecule has 0 saturated heterocycles. The second kappa shape index (κ2) is 5.09. The minimum absolute atomic E-state index is 0.175. The van der Waals surface area contributed by atoms with Crippen LogP contribution in [0.25, 0.3) is 0 Å². The van der Waals surface area contributed by atoms with Gasteiger partial charge in [-0.05, 0) is 6.92 Å². The minimum Gasteiger partial charge on any atom is -0.351 e. The monoisotopic (exact) mass is 218 g/mol. The third-order valence-corrected chi connectivity index (χ3v) is 1.70. The zero-order valence-electron chi connectivity index (χ0n) is 9.44. The fraction of sp³-hybridized carbons (Fsp3) is 0.778. The van der Waals surface area contributed by atoms with Crippen LogP contribution in [0.1, 0.15) is 27.7 Å². The zero-order valence-corrected chi connectivity index (χ0v) is 9.44. The molecule has 0 fully saturated rings. The van der Waals surface area contributed by atoms with E-state index in [1.807, 2.05) is 5.32 Å². The molecule has 0 aromatic rings. The van der Waals surface area contributed by atoms with E-state index in [1.54, 1.807) is 27.7 Å². The molecule has 0 aliphatic heterocycles. The Morgan fingerprint density at radius 2 is 1.80 bits per heavy atom. The van der Waals surface area contributed by atoms with E-state index < -0.39 is 17.9 Å². The number of nitrogens with zero attached hydrogens (tertiary/aromatic N) is 1. The summed E-state index contributed by atoms with van der Waals surface area (Å²) in [6.07, 6.45) is -1.96. The van der Waals surface area contributed by atoms with Crippen molar-refractivity contribution in [2.75, 3.05) is 6.54 Å². The Balaban J connectivity index is 4.63. The van der Waals surface area contributed by atoms with Crippen LogP contribution in [0.15, 0.2) is 0 Å². The summed E-state index contributed by atoms with van der Waals surface area (Å²) in [4.78, 5) is 24.0. The topological polar surface area (TPSA) is 89.9 Å². The number of aliphatic hydroxyl groups excluding tert-OH is 1. The summed E-state index contributed by atoms with van der Waals surface area (Å²) in [6, 6.07) is -0.813. The van der Waals surface area contributed by atoms with Gasteiger partial charge in [0.1, 0.15) is 0 Å². The van der Waals surface area contributed by atoms with Gasteiger partial charge in [-0.1, -0.05) is 20.8 Å². The van der Waals surface area contributed by atoms with Crippen LogP contribution in [0.4, 0.5) is 4.79 Å². The van der Waals surface area contributed by atoms with Crippen molar-refractivity contribution < 1.29 is 19.8 Å². The van der Waals surface area contributed by atoms with Crippen molar-refractivity contribution in [1.82, 2.24) is 10.2 Å². The molecule has 3 amide bonds. The highest BCUT2D eigenvalue weighted by molar-refractivity contribution is 5.96. The van der Waals surface area contributed by atoms with Gasteiger partial charge in [0.25, 0.3) is 0 Å². The van der Waals surface area contributed by atoms with Crippen molar-refractivity contribution in [3.8, 4) is 0 Å². The lowest BCUT2D eigenvalue weighted by molar-refractivity contribution is -0.136. The number of carbonyl (C=O) groups is 2. The molecule has 0 radical (unpaired) electrons. The van der Waals surface area contributed by atoms with Gasteiger partial charge in [-0.15, -0.1) is 0 Å². The van der Waals surface area contributed by atoms with Gasteiger partial charge in [0.05, 0.1) is 0 Å². The molecule has 0 atom stereocenters. The van der Waals surface area contributed by atoms with Crippen LogP contribution < -0.4 is 5.32 Å². The first kappa shape index (κ1) is 13.9. The summed E-state index contributed by atoms with van der Waals surface area (Å²) < 4.78 is 0. The van der Waals surface area contributed by atoms with Gasteiger partial charge in [-0.2, -0.15) is 0 Å². The molecular weight excluding hydrogens is 200 g/mol.